The maximum Gasteiger partial charge on any atom is 0.230 e. The van der Waals surface area contributed by atoms with Crippen molar-refractivity contribution in [1.29, 1.82) is 0 Å². The third-order valence-electron chi connectivity index (χ3n) is 4.48. The Hall–Kier alpha value is -1.79. The second kappa shape index (κ2) is 10.4. The predicted octanol–water partition coefficient (Wildman–Crippen LogP) is 3.57. The van der Waals surface area contributed by atoms with Gasteiger partial charge in [0.05, 0.1) is 11.4 Å². The number of oxazole rings is 1. The first kappa shape index (κ1) is 19.0. The van der Waals surface area contributed by atoms with Crippen molar-refractivity contribution in [3.05, 3.63) is 42.3 Å². The third-order valence-corrected chi connectivity index (χ3v) is 5.44. The molecule has 1 N–H and O–H groups in total. The fraction of sp³-hybridized carbons (Fsp3) is 0.500. The SMILES string of the molecule is O=C(CSCc1coc(-c2ccccc2)n1)NCCCN1CCCCC1. The molecular weight excluding hydrogens is 346 g/mol. The maximum absolute atomic E-state index is 11.9. The normalized spacial score (nSPS) is 15.1. The minimum Gasteiger partial charge on any atom is -0.444 e. The minimum atomic E-state index is 0.0976. The number of nitrogens with one attached hydrogen (secondary N) is 1. The molecular formula is C20H27N3O2S. The second-order valence-electron chi connectivity index (χ2n) is 6.61. The second-order valence-corrected chi connectivity index (χ2v) is 7.59. The highest BCUT2D eigenvalue weighted by atomic mass is 32.2. The molecule has 3 rings (SSSR count). The van der Waals surface area contributed by atoms with Gasteiger partial charge in [0.25, 0.3) is 0 Å². The van der Waals surface area contributed by atoms with Crippen LogP contribution in [0, 0.1) is 0 Å². The number of rotatable bonds is 9. The number of aromatic nitrogens is 1. The molecule has 0 radical (unpaired) electrons. The van der Waals surface area contributed by atoms with Crippen LogP contribution in [0.2, 0.25) is 0 Å². The summed E-state index contributed by atoms with van der Waals surface area (Å²) in [4.78, 5) is 18.9. The monoisotopic (exact) mass is 373 g/mol. The Labute approximate surface area is 159 Å². The van der Waals surface area contributed by atoms with E-state index >= 15 is 0 Å². The Balaban J connectivity index is 1.28. The van der Waals surface area contributed by atoms with Gasteiger partial charge in [-0.15, -0.1) is 11.8 Å². The topological polar surface area (TPSA) is 58.4 Å². The van der Waals surface area contributed by atoms with E-state index < -0.39 is 0 Å². The van der Waals surface area contributed by atoms with Gasteiger partial charge in [0.2, 0.25) is 11.8 Å². The number of benzene rings is 1. The van der Waals surface area contributed by atoms with Crippen LogP contribution in [0.5, 0.6) is 0 Å². The Morgan fingerprint density at radius 3 is 2.81 bits per heavy atom. The van der Waals surface area contributed by atoms with Crippen LogP contribution in [-0.2, 0) is 10.5 Å². The lowest BCUT2D eigenvalue weighted by molar-refractivity contribution is -0.118. The molecule has 1 fully saturated rings. The Bertz CT molecular complexity index is 669. The quantitative estimate of drug-likeness (QED) is 0.681. The van der Waals surface area contributed by atoms with E-state index in [2.05, 4.69) is 15.2 Å². The van der Waals surface area contributed by atoms with Crippen LogP contribution in [0.3, 0.4) is 0 Å². The van der Waals surface area contributed by atoms with Crippen LogP contribution in [0.1, 0.15) is 31.4 Å². The molecule has 1 aromatic carbocycles. The highest BCUT2D eigenvalue weighted by Gasteiger charge is 2.10. The molecule has 5 nitrogen and oxygen atoms in total. The molecule has 0 atom stereocenters. The molecule has 1 aliphatic rings. The first-order valence-electron chi connectivity index (χ1n) is 9.38. The summed E-state index contributed by atoms with van der Waals surface area (Å²) in [6.07, 6.45) is 6.70. The van der Waals surface area contributed by atoms with E-state index in [-0.39, 0.29) is 5.91 Å². The minimum absolute atomic E-state index is 0.0976. The molecule has 2 heterocycles. The lowest BCUT2D eigenvalue weighted by Gasteiger charge is -2.26. The van der Waals surface area contributed by atoms with Gasteiger partial charge in [-0.3, -0.25) is 4.79 Å². The van der Waals surface area contributed by atoms with E-state index in [0.717, 1.165) is 30.8 Å². The molecule has 26 heavy (non-hydrogen) atoms. The first-order chi connectivity index (χ1) is 12.8. The molecule has 0 unspecified atom stereocenters. The third kappa shape index (κ3) is 6.18. The van der Waals surface area contributed by atoms with Gasteiger partial charge >= 0.3 is 0 Å². The van der Waals surface area contributed by atoms with Gasteiger partial charge in [0, 0.05) is 17.9 Å². The Morgan fingerprint density at radius 1 is 1.19 bits per heavy atom. The lowest BCUT2D eigenvalue weighted by Crippen LogP contribution is -2.33. The van der Waals surface area contributed by atoms with Crippen molar-refractivity contribution in [2.45, 2.75) is 31.4 Å². The number of piperidine rings is 1. The summed E-state index contributed by atoms with van der Waals surface area (Å²) in [5, 5.41) is 3.01. The molecule has 0 saturated carbocycles. The number of amides is 1. The van der Waals surface area contributed by atoms with E-state index in [9.17, 15) is 4.79 Å². The van der Waals surface area contributed by atoms with E-state index in [1.54, 1.807) is 18.0 Å². The van der Waals surface area contributed by atoms with Gasteiger partial charge in [-0.25, -0.2) is 4.98 Å². The molecule has 1 aliphatic heterocycles. The van der Waals surface area contributed by atoms with E-state index in [4.69, 9.17) is 4.42 Å². The molecule has 2 aromatic rings. The maximum atomic E-state index is 11.9. The number of hydrogen-bond donors (Lipinski definition) is 1. The Morgan fingerprint density at radius 2 is 2.00 bits per heavy atom. The molecule has 140 valence electrons. The van der Waals surface area contributed by atoms with Crippen molar-refractivity contribution < 1.29 is 9.21 Å². The fourth-order valence-electron chi connectivity index (χ4n) is 3.10. The molecule has 1 amide bonds. The van der Waals surface area contributed by atoms with Crippen LogP contribution in [-0.4, -0.2) is 47.7 Å². The number of hydrogen-bond acceptors (Lipinski definition) is 5. The van der Waals surface area contributed by atoms with Gasteiger partial charge in [0.1, 0.15) is 6.26 Å². The van der Waals surface area contributed by atoms with Crippen molar-refractivity contribution in [3.8, 4) is 11.5 Å². The van der Waals surface area contributed by atoms with E-state index in [0.29, 0.717) is 17.4 Å². The Kier molecular flexibility index (Phi) is 7.58. The summed E-state index contributed by atoms with van der Waals surface area (Å²) < 4.78 is 5.52. The summed E-state index contributed by atoms with van der Waals surface area (Å²) in [6, 6.07) is 9.84. The van der Waals surface area contributed by atoms with E-state index in [1.807, 2.05) is 30.3 Å². The smallest absolute Gasteiger partial charge is 0.230 e. The van der Waals surface area contributed by atoms with Crippen LogP contribution in [0.4, 0.5) is 0 Å². The zero-order valence-corrected chi connectivity index (χ0v) is 16.0. The van der Waals surface area contributed by atoms with Crippen LogP contribution in [0.15, 0.2) is 41.0 Å². The van der Waals surface area contributed by atoms with Gasteiger partial charge in [-0.05, 0) is 51.0 Å². The first-order valence-corrected chi connectivity index (χ1v) is 10.5. The average molecular weight is 374 g/mol. The molecule has 0 aliphatic carbocycles. The average Bonchev–Trinajstić information content (AvgIpc) is 3.16. The molecule has 0 spiro atoms. The van der Waals surface area contributed by atoms with Gasteiger partial charge < -0.3 is 14.6 Å². The number of thioether (sulfide) groups is 1. The standard InChI is InChI=1S/C20H27N3O2S/c24-19(21-10-7-13-23-11-5-2-6-12-23)16-26-15-18-14-25-20(22-18)17-8-3-1-4-9-17/h1,3-4,8-9,14H,2,5-7,10-13,15-16H2,(H,21,24). The van der Waals surface area contributed by atoms with Crippen LogP contribution in [0.25, 0.3) is 11.5 Å². The van der Waals surface area contributed by atoms with Crippen LogP contribution >= 0.6 is 11.8 Å². The molecule has 0 bridgehead atoms. The van der Waals surface area contributed by atoms with E-state index in [1.165, 1.54) is 32.4 Å². The number of nitrogens with zero attached hydrogens (tertiary/aromatic N) is 2. The van der Waals surface area contributed by atoms with Crippen LogP contribution < -0.4 is 5.32 Å². The van der Waals surface area contributed by atoms with Crippen molar-refractivity contribution in [1.82, 2.24) is 15.2 Å². The number of likely N-dealkylation sites (tertiary alicyclic amines) is 1. The van der Waals surface area contributed by atoms with Gasteiger partial charge in [0.15, 0.2) is 0 Å². The van der Waals surface area contributed by atoms with Gasteiger partial charge in [-0.2, -0.15) is 0 Å². The van der Waals surface area contributed by atoms with Crippen molar-refractivity contribution >= 4 is 17.7 Å². The predicted molar refractivity (Wildman–Crippen MR) is 106 cm³/mol. The fourth-order valence-corrected chi connectivity index (χ4v) is 3.83. The number of carbonyl (C=O) groups is 1. The molecule has 1 saturated heterocycles. The van der Waals surface area contributed by atoms with Crippen molar-refractivity contribution in [2.24, 2.45) is 0 Å². The highest BCUT2D eigenvalue weighted by Crippen LogP contribution is 2.20. The lowest BCUT2D eigenvalue weighted by atomic mass is 10.1. The van der Waals surface area contributed by atoms with Crippen molar-refractivity contribution in [2.75, 3.05) is 31.9 Å². The summed E-state index contributed by atoms with van der Waals surface area (Å²) in [5.41, 5.74) is 1.84. The zero-order valence-electron chi connectivity index (χ0n) is 15.2. The number of carbonyl (C=O) groups excluding carboxylic acids is 1. The highest BCUT2D eigenvalue weighted by molar-refractivity contribution is 7.99. The molecule has 1 aromatic heterocycles. The summed E-state index contributed by atoms with van der Waals surface area (Å²) in [7, 11) is 0. The molecule has 6 heteroatoms. The summed E-state index contributed by atoms with van der Waals surface area (Å²) in [6.45, 7) is 4.28. The van der Waals surface area contributed by atoms with Crippen molar-refractivity contribution in [3.63, 3.8) is 0 Å². The van der Waals surface area contributed by atoms with Gasteiger partial charge in [-0.1, -0.05) is 24.6 Å². The summed E-state index contributed by atoms with van der Waals surface area (Å²) in [5.74, 6) is 1.86. The zero-order chi connectivity index (χ0) is 18.0. The summed E-state index contributed by atoms with van der Waals surface area (Å²) >= 11 is 1.56. The largest absolute Gasteiger partial charge is 0.444 e.